The average Bonchev–Trinajstić information content (AvgIpc) is 3.52. The molecule has 6 atom stereocenters. The summed E-state index contributed by atoms with van der Waals surface area (Å²) >= 11 is 12.2. The summed E-state index contributed by atoms with van der Waals surface area (Å²) in [6, 6.07) is 13.2. The minimum atomic E-state index is -1.26. The van der Waals surface area contributed by atoms with Crippen molar-refractivity contribution in [3.8, 4) is 0 Å². The lowest BCUT2D eigenvalue weighted by molar-refractivity contribution is -0.146. The number of hydrogen-bond donors (Lipinski definition) is 2. The number of nitrogens with zero attached hydrogens (tertiary/aromatic N) is 1. The van der Waals surface area contributed by atoms with Gasteiger partial charge in [0.2, 0.25) is 17.7 Å². The second-order valence-electron chi connectivity index (χ2n) is 11.6. The lowest BCUT2D eigenvalue weighted by atomic mass is 9.70. The Morgan fingerprint density at radius 3 is 2.42 bits per heavy atom. The molecule has 1 spiro atoms. The number of fused-ring (bicyclic) bond motifs is 1. The summed E-state index contributed by atoms with van der Waals surface area (Å²) in [6.45, 7) is 3.73. The number of carbonyl (C=O) groups excluding carboxylic acids is 3. The molecule has 210 valence electrons. The first-order valence-electron chi connectivity index (χ1n) is 14.0. The average molecular weight is 583 g/mol. The van der Waals surface area contributed by atoms with E-state index in [1.54, 1.807) is 23.1 Å². The van der Waals surface area contributed by atoms with Gasteiger partial charge in [0.15, 0.2) is 0 Å². The van der Waals surface area contributed by atoms with Crippen LogP contribution in [0.3, 0.4) is 0 Å². The minimum Gasteiger partial charge on any atom is -0.356 e. The van der Waals surface area contributed by atoms with Crippen molar-refractivity contribution in [2.75, 3.05) is 5.32 Å². The molecule has 3 fully saturated rings. The van der Waals surface area contributed by atoms with E-state index >= 15 is 0 Å². The zero-order valence-corrected chi connectivity index (χ0v) is 24.0. The molecule has 6 rings (SSSR count). The lowest BCUT2D eigenvalue weighted by Gasteiger charge is -2.37. The van der Waals surface area contributed by atoms with Crippen molar-refractivity contribution in [2.24, 2.45) is 11.8 Å². The summed E-state index contributed by atoms with van der Waals surface area (Å²) in [5, 5.41) is 6.84. The summed E-state index contributed by atoms with van der Waals surface area (Å²) in [5.41, 5.74) is -0.932. The van der Waals surface area contributed by atoms with E-state index in [2.05, 4.69) is 10.6 Å². The third-order valence-electron chi connectivity index (χ3n) is 9.10. The zero-order valence-electron chi connectivity index (χ0n) is 22.5. The first kappa shape index (κ1) is 27.3. The Hall–Kier alpha value is -2.87. The Morgan fingerprint density at radius 1 is 1.00 bits per heavy atom. The van der Waals surface area contributed by atoms with E-state index in [9.17, 15) is 14.4 Å². The van der Waals surface area contributed by atoms with Crippen molar-refractivity contribution >= 4 is 46.6 Å². The fraction of sp³-hybridized carbons (Fsp3) is 0.452. The summed E-state index contributed by atoms with van der Waals surface area (Å²) in [4.78, 5) is 44.0. The maximum absolute atomic E-state index is 14.4. The molecule has 1 aliphatic carbocycles. The number of benzene rings is 2. The highest BCUT2D eigenvalue weighted by Crippen LogP contribution is 2.61. The SMILES string of the molecule is CC(c1ccccc1)N1C(=O)C2C(C(=O)Nc3ccc(Cl)c(Cl)c3)C3(C)C=CC2(O3)C1C(=O)NC1CCCCC1. The molecular weight excluding hydrogens is 549 g/mol. The third kappa shape index (κ3) is 4.34. The molecule has 2 saturated heterocycles. The van der Waals surface area contributed by atoms with Gasteiger partial charge >= 0.3 is 0 Å². The summed E-state index contributed by atoms with van der Waals surface area (Å²) in [5.74, 6) is -2.57. The molecule has 0 aromatic heterocycles. The number of amides is 3. The molecule has 2 N–H and O–H groups in total. The highest BCUT2D eigenvalue weighted by Gasteiger charge is 2.76. The van der Waals surface area contributed by atoms with Crippen LogP contribution in [0, 0.1) is 11.8 Å². The minimum absolute atomic E-state index is 0.0626. The Labute approximate surface area is 244 Å². The summed E-state index contributed by atoms with van der Waals surface area (Å²) in [6.07, 6.45) is 8.82. The van der Waals surface area contributed by atoms with Gasteiger partial charge in [-0.1, -0.05) is 84.9 Å². The second kappa shape index (κ2) is 10.2. The van der Waals surface area contributed by atoms with Gasteiger partial charge in [-0.05, 0) is 50.5 Å². The van der Waals surface area contributed by atoms with Crippen LogP contribution in [0.2, 0.25) is 10.0 Å². The first-order valence-corrected chi connectivity index (χ1v) is 14.7. The lowest BCUT2D eigenvalue weighted by Crippen LogP contribution is -2.57. The van der Waals surface area contributed by atoms with Crippen molar-refractivity contribution < 1.29 is 19.1 Å². The molecule has 2 bridgehead atoms. The van der Waals surface area contributed by atoms with Gasteiger partial charge in [0.05, 0.1) is 33.5 Å². The number of ether oxygens (including phenoxy) is 1. The fourth-order valence-corrected chi connectivity index (χ4v) is 7.50. The van der Waals surface area contributed by atoms with Crippen LogP contribution in [0.25, 0.3) is 0 Å². The van der Waals surface area contributed by atoms with E-state index in [4.69, 9.17) is 27.9 Å². The Kier molecular flexibility index (Phi) is 6.96. The van der Waals surface area contributed by atoms with E-state index in [1.807, 2.05) is 56.3 Å². The quantitative estimate of drug-likeness (QED) is 0.429. The molecule has 6 unspecified atom stereocenters. The summed E-state index contributed by atoms with van der Waals surface area (Å²) < 4.78 is 6.65. The molecule has 3 aliphatic heterocycles. The van der Waals surface area contributed by atoms with Crippen molar-refractivity contribution in [2.45, 2.75) is 75.3 Å². The Bertz CT molecular complexity index is 1380. The van der Waals surface area contributed by atoms with Crippen molar-refractivity contribution in [1.82, 2.24) is 10.2 Å². The third-order valence-corrected chi connectivity index (χ3v) is 9.84. The molecule has 7 nitrogen and oxygen atoms in total. The van der Waals surface area contributed by atoms with Crippen molar-refractivity contribution in [1.29, 1.82) is 0 Å². The molecule has 9 heteroatoms. The van der Waals surface area contributed by atoms with Crippen LogP contribution in [0.5, 0.6) is 0 Å². The number of carbonyl (C=O) groups is 3. The molecule has 1 saturated carbocycles. The van der Waals surface area contributed by atoms with E-state index in [-0.39, 0.29) is 23.8 Å². The molecule has 2 aromatic carbocycles. The van der Waals surface area contributed by atoms with Crippen LogP contribution in [0.1, 0.15) is 57.6 Å². The van der Waals surface area contributed by atoms with Crippen LogP contribution in [-0.2, 0) is 19.1 Å². The smallest absolute Gasteiger partial charge is 0.246 e. The standard InChI is InChI=1S/C31H33Cl2N3O4/c1-18(19-9-5-3-6-10-19)36-26(28(38)34-20-11-7-4-8-12-20)31-16-15-30(2,40-31)24(25(31)29(36)39)27(37)35-21-13-14-22(32)23(33)17-21/h3,5-6,9-10,13-18,20,24-26H,4,7-8,11-12H2,1-2H3,(H,34,38)(H,35,37). The topological polar surface area (TPSA) is 87.7 Å². The number of halogens is 2. The number of anilines is 1. The van der Waals surface area contributed by atoms with Crippen LogP contribution in [-0.4, -0.2) is 45.9 Å². The monoisotopic (exact) mass is 581 g/mol. The molecule has 3 heterocycles. The van der Waals surface area contributed by atoms with Gasteiger partial charge in [-0.25, -0.2) is 0 Å². The summed E-state index contributed by atoms with van der Waals surface area (Å²) in [7, 11) is 0. The molecular formula is C31H33Cl2N3O4. The van der Waals surface area contributed by atoms with Gasteiger partial charge in [0.1, 0.15) is 11.6 Å². The second-order valence-corrected chi connectivity index (χ2v) is 12.4. The van der Waals surface area contributed by atoms with Gasteiger partial charge in [-0.2, -0.15) is 0 Å². The Morgan fingerprint density at radius 2 is 1.73 bits per heavy atom. The number of nitrogens with one attached hydrogen (secondary N) is 2. The van der Waals surface area contributed by atoms with Gasteiger partial charge in [-0.15, -0.1) is 0 Å². The van der Waals surface area contributed by atoms with E-state index < -0.39 is 35.1 Å². The first-order chi connectivity index (χ1) is 19.1. The van der Waals surface area contributed by atoms with Gasteiger partial charge in [0.25, 0.3) is 0 Å². The largest absolute Gasteiger partial charge is 0.356 e. The van der Waals surface area contributed by atoms with Crippen LogP contribution in [0.4, 0.5) is 5.69 Å². The van der Waals surface area contributed by atoms with Gasteiger partial charge < -0.3 is 20.3 Å². The predicted molar refractivity (Wildman–Crippen MR) is 154 cm³/mol. The van der Waals surface area contributed by atoms with E-state index in [1.165, 1.54) is 0 Å². The Balaban J connectivity index is 1.38. The molecule has 4 aliphatic rings. The van der Waals surface area contributed by atoms with Gasteiger partial charge in [0, 0.05) is 11.7 Å². The molecule has 3 amide bonds. The van der Waals surface area contributed by atoms with Crippen LogP contribution in [0.15, 0.2) is 60.7 Å². The normalized spacial score (nSPS) is 31.8. The highest BCUT2D eigenvalue weighted by atomic mass is 35.5. The molecule has 40 heavy (non-hydrogen) atoms. The number of rotatable bonds is 6. The maximum atomic E-state index is 14.4. The van der Waals surface area contributed by atoms with Crippen LogP contribution < -0.4 is 10.6 Å². The maximum Gasteiger partial charge on any atom is 0.246 e. The molecule has 2 aromatic rings. The fourth-order valence-electron chi connectivity index (χ4n) is 7.20. The van der Waals surface area contributed by atoms with E-state index in [0.717, 1.165) is 37.7 Å². The van der Waals surface area contributed by atoms with Crippen molar-refractivity contribution in [3.05, 3.63) is 76.3 Å². The van der Waals surface area contributed by atoms with Crippen LogP contribution >= 0.6 is 23.2 Å². The zero-order chi connectivity index (χ0) is 28.2. The number of likely N-dealkylation sites (tertiary alicyclic amines) is 1. The van der Waals surface area contributed by atoms with E-state index in [0.29, 0.717) is 15.7 Å². The molecule has 0 radical (unpaired) electrons. The predicted octanol–water partition coefficient (Wildman–Crippen LogP) is 5.68. The van der Waals surface area contributed by atoms with Crippen molar-refractivity contribution in [3.63, 3.8) is 0 Å². The van der Waals surface area contributed by atoms with Gasteiger partial charge in [-0.3, -0.25) is 14.4 Å². The number of hydrogen-bond acceptors (Lipinski definition) is 4. The highest BCUT2D eigenvalue weighted by molar-refractivity contribution is 6.42.